The van der Waals surface area contributed by atoms with Crippen molar-refractivity contribution in [2.75, 3.05) is 18.4 Å². The maximum atomic E-state index is 13.2. The van der Waals surface area contributed by atoms with Crippen molar-refractivity contribution < 1.29 is 10.1 Å². The number of quaternary nitrogens is 1. The van der Waals surface area contributed by atoms with Crippen LogP contribution in [0.1, 0.15) is 24.0 Å². The van der Waals surface area contributed by atoms with Crippen molar-refractivity contribution in [2.24, 2.45) is 5.92 Å². The van der Waals surface area contributed by atoms with Gasteiger partial charge in [0.05, 0.1) is 22.8 Å². The third-order valence-corrected chi connectivity index (χ3v) is 6.49. The highest BCUT2D eigenvalue weighted by Crippen LogP contribution is 2.23. The lowest BCUT2D eigenvalue weighted by Gasteiger charge is -2.22. The van der Waals surface area contributed by atoms with E-state index in [0.29, 0.717) is 46.9 Å². The summed E-state index contributed by atoms with van der Waals surface area (Å²) in [5, 5.41) is 16.7. The summed E-state index contributed by atoms with van der Waals surface area (Å²) in [5.41, 5.74) is 1.90. The number of carbonyl (C=O) groups is 1. The van der Waals surface area contributed by atoms with E-state index in [4.69, 9.17) is 28.6 Å². The average Bonchev–Trinajstić information content (AvgIpc) is 2.84. The molecule has 1 aliphatic heterocycles. The number of hydrogen-bond acceptors (Lipinski definition) is 5. The molecule has 176 valence electrons. The molecule has 3 heterocycles. The third kappa shape index (κ3) is 5.30. The molecular formula is C24H25Cl2N6O2+. The number of piperidine rings is 1. The Morgan fingerprint density at radius 3 is 2.82 bits per heavy atom. The lowest BCUT2D eigenvalue weighted by molar-refractivity contribution is -0.588. The van der Waals surface area contributed by atoms with Crippen LogP contribution in [0.3, 0.4) is 0 Å². The lowest BCUT2D eigenvalue weighted by Crippen LogP contribution is -2.77. The van der Waals surface area contributed by atoms with Gasteiger partial charge in [-0.1, -0.05) is 41.4 Å². The zero-order valence-corrected chi connectivity index (χ0v) is 19.9. The zero-order valence-electron chi connectivity index (χ0n) is 18.4. The number of nitrogens with one attached hydrogen (secondary N) is 3. The number of halogens is 2. The third-order valence-electron chi connectivity index (χ3n) is 5.83. The molecule has 0 spiro atoms. The van der Waals surface area contributed by atoms with E-state index in [9.17, 15) is 9.59 Å². The van der Waals surface area contributed by atoms with Gasteiger partial charge in [0.1, 0.15) is 23.6 Å². The summed E-state index contributed by atoms with van der Waals surface area (Å²) in [5.74, 6) is 0.411. The topological polar surface area (TPSA) is 116 Å². The minimum Gasteiger partial charge on any atom is -0.369 e. The molecule has 4 rings (SSSR count). The van der Waals surface area contributed by atoms with Crippen LogP contribution in [0.15, 0.2) is 53.6 Å². The van der Waals surface area contributed by atoms with Gasteiger partial charge in [-0.2, -0.15) is 0 Å². The molecule has 5 N–H and O–H groups in total. The number of nitrogens with two attached hydrogens (primary N) is 1. The van der Waals surface area contributed by atoms with Gasteiger partial charge in [0.25, 0.3) is 5.56 Å². The number of aromatic nitrogens is 2. The molecule has 1 saturated heterocycles. The molecule has 0 bridgehead atoms. The maximum absolute atomic E-state index is 13.2. The number of rotatable bonds is 8. The van der Waals surface area contributed by atoms with E-state index in [1.165, 1.54) is 10.8 Å². The summed E-state index contributed by atoms with van der Waals surface area (Å²) < 4.78 is 1.40. The predicted octanol–water partition coefficient (Wildman–Crippen LogP) is 2.87. The van der Waals surface area contributed by atoms with Gasteiger partial charge in [-0.05, 0) is 18.9 Å². The number of nitrogens with zero attached hydrogens (tertiary/aromatic N) is 2. The Morgan fingerprint density at radius 2 is 2.06 bits per heavy atom. The number of amides is 1. The van der Waals surface area contributed by atoms with Gasteiger partial charge in [0, 0.05) is 48.2 Å². The predicted molar refractivity (Wildman–Crippen MR) is 134 cm³/mol. The quantitative estimate of drug-likeness (QED) is 0.356. The molecule has 0 saturated carbocycles. The first-order chi connectivity index (χ1) is 16.5. The molecule has 1 amide bonds. The monoisotopic (exact) mass is 499 g/mol. The van der Waals surface area contributed by atoms with Gasteiger partial charge in [-0.15, -0.1) is 0 Å². The SMILES string of the molecule is N=Cc1c([NH2+]Cc2ccccc2Cl)ccn(-c2cc(NCC3CCCNC3=O)ncc2Cl)c1=O. The molecule has 1 fully saturated rings. The van der Waals surface area contributed by atoms with Crippen LogP contribution in [-0.4, -0.2) is 34.8 Å². The van der Waals surface area contributed by atoms with Crippen molar-refractivity contribution in [1.29, 1.82) is 5.41 Å². The van der Waals surface area contributed by atoms with Crippen LogP contribution in [0.4, 0.5) is 11.5 Å². The van der Waals surface area contributed by atoms with E-state index in [2.05, 4.69) is 15.6 Å². The second-order valence-electron chi connectivity index (χ2n) is 8.04. The fourth-order valence-corrected chi connectivity index (χ4v) is 4.34. The number of carbonyl (C=O) groups excluding carboxylic acids is 1. The molecule has 0 radical (unpaired) electrons. The first kappa shape index (κ1) is 23.9. The maximum Gasteiger partial charge on any atom is 0.270 e. The summed E-state index contributed by atoms with van der Waals surface area (Å²) in [4.78, 5) is 29.5. The van der Waals surface area contributed by atoms with E-state index < -0.39 is 0 Å². The average molecular weight is 500 g/mol. The van der Waals surface area contributed by atoms with Crippen LogP contribution in [0.2, 0.25) is 10.0 Å². The van der Waals surface area contributed by atoms with Crippen LogP contribution >= 0.6 is 23.2 Å². The fourth-order valence-electron chi connectivity index (χ4n) is 3.93. The normalized spacial score (nSPS) is 15.6. The summed E-state index contributed by atoms with van der Waals surface area (Å²) >= 11 is 12.6. The van der Waals surface area contributed by atoms with Gasteiger partial charge in [0.15, 0.2) is 0 Å². The molecule has 1 aliphatic rings. The second-order valence-corrected chi connectivity index (χ2v) is 8.85. The molecule has 8 nitrogen and oxygen atoms in total. The Balaban J connectivity index is 1.57. The molecule has 3 aromatic rings. The van der Waals surface area contributed by atoms with E-state index >= 15 is 0 Å². The van der Waals surface area contributed by atoms with Gasteiger partial charge >= 0.3 is 0 Å². The van der Waals surface area contributed by atoms with Crippen LogP contribution < -0.4 is 21.5 Å². The van der Waals surface area contributed by atoms with Crippen molar-refractivity contribution in [1.82, 2.24) is 14.9 Å². The lowest BCUT2D eigenvalue weighted by atomic mass is 9.99. The standard InChI is InChI=1S/C24H24Cl2N6O2/c25-18-6-2-1-4-15(18)12-29-20-7-9-32(24(34)17(20)11-27)21-10-22(31-14-19(21)26)30-13-16-5-3-8-28-23(16)33/h1-2,4,6-7,9-11,14,16,27,29H,3,5,8,12-13H2,(H,28,33)(H,30,31)/p+1. The Morgan fingerprint density at radius 1 is 1.24 bits per heavy atom. The molecule has 2 aromatic heterocycles. The van der Waals surface area contributed by atoms with Gasteiger partial charge in [0.2, 0.25) is 5.91 Å². The zero-order chi connectivity index (χ0) is 24.1. The summed E-state index contributed by atoms with van der Waals surface area (Å²) in [6, 6.07) is 11.0. The molecule has 34 heavy (non-hydrogen) atoms. The van der Waals surface area contributed by atoms with E-state index in [1.807, 2.05) is 29.6 Å². The number of pyridine rings is 2. The number of benzene rings is 1. The van der Waals surface area contributed by atoms with Crippen molar-refractivity contribution in [3.8, 4) is 5.69 Å². The Labute approximate surface area is 206 Å². The first-order valence-corrected chi connectivity index (χ1v) is 11.7. The highest BCUT2D eigenvalue weighted by molar-refractivity contribution is 6.32. The van der Waals surface area contributed by atoms with Crippen molar-refractivity contribution in [3.05, 3.63) is 80.3 Å². The minimum atomic E-state index is -0.367. The van der Waals surface area contributed by atoms with Crippen LogP contribution in [0.25, 0.3) is 5.69 Å². The molecule has 0 aliphatic carbocycles. The van der Waals surface area contributed by atoms with Crippen LogP contribution in [0.5, 0.6) is 0 Å². The Hall–Kier alpha value is -3.20. The molecule has 10 heteroatoms. The minimum absolute atomic E-state index is 0.0309. The van der Waals surface area contributed by atoms with Crippen molar-refractivity contribution >= 4 is 46.8 Å². The van der Waals surface area contributed by atoms with Gasteiger partial charge < -0.3 is 21.4 Å². The van der Waals surface area contributed by atoms with Crippen molar-refractivity contribution in [3.63, 3.8) is 0 Å². The summed E-state index contributed by atoms with van der Waals surface area (Å²) in [6.07, 6.45) is 5.90. The summed E-state index contributed by atoms with van der Waals surface area (Å²) in [7, 11) is 0. The highest BCUT2D eigenvalue weighted by atomic mass is 35.5. The number of anilines is 1. The van der Waals surface area contributed by atoms with E-state index in [1.54, 1.807) is 18.3 Å². The smallest absolute Gasteiger partial charge is 0.270 e. The van der Waals surface area contributed by atoms with Crippen LogP contribution in [0, 0.1) is 11.3 Å². The van der Waals surface area contributed by atoms with Crippen molar-refractivity contribution in [2.45, 2.75) is 19.4 Å². The van der Waals surface area contributed by atoms with E-state index in [0.717, 1.165) is 24.6 Å². The van der Waals surface area contributed by atoms with Crippen LogP contribution in [-0.2, 0) is 11.3 Å². The van der Waals surface area contributed by atoms with E-state index in [-0.39, 0.29) is 22.9 Å². The fraction of sp³-hybridized carbons (Fsp3) is 0.250. The number of hydrogen-bond donors (Lipinski definition) is 4. The second kappa shape index (κ2) is 10.8. The highest BCUT2D eigenvalue weighted by Gasteiger charge is 2.22. The Bertz CT molecular complexity index is 1280. The molecule has 1 aromatic carbocycles. The summed E-state index contributed by atoms with van der Waals surface area (Å²) in [6.45, 7) is 1.68. The molecular weight excluding hydrogens is 475 g/mol. The van der Waals surface area contributed by atoms with Gasteiger partial charge in [-0.25, -0.2) is 4.98 Å². The van der Waals surface area contributed by atoms with Gasteiger partial charge in [-0.3, -0.25) is 14.2 Å². The largest absolute Gasteiger partial charge is 0.369 e. The molecule has 1 atom stereocenters. The molecule has 1 unspecified atom stereocenters. The Kier molecular flexibility index (Phi) is 7.62. The first-order valence-electron chi connectivity index (χ1n) is 11.0.